The summed E-state index contributed by atoms with van der Waals surface area (Å²) in [7, 11) is 0.0515. The molecule has 1 radical (unpaired) electrons. The second-order valence-electron chi connectivity index (χ2n) is 6.20. The van der Waals surface area contributed by atoms with Crippen molar-refractivity contribution in [3.05, 3.63) is 0 Å². The quantitative estimate of drug-likeness (QED) is 0.239. The molecule has 0 aliphatic rings. The third-order valence-electron chi connectivity index (χ3n) is 3.78. The first kappa shape index (κ1) is 21.4. The van der Waals surface area contributed by atoms with E-state index in [9.17, 15) is 0 Å². The molecule has 0 atom stereocenters. The number of unbranched alkanes of at least 4 members (excludes halogenated alkanes) is 12. The molecule has 0 aromatic carbocycles. The Morgan fingerprint density at radius 2 is 0.842 bits per heavy atom. The molecular formula is C17H38FSi. The third-order valence-corrected chi connectivity index (χ3v) is 5.13. The smallest absolute Gasteiger partial charge is 0.0412 e. The highest BCUT2D eigenvalue weighted by Crippen LogP contribution is 2.13. The van der Waals surface area contributed by atoms with Gasteiger partial charge in [0.2, 0.25) is 0 Å². The van der Waals surface area contributed by atoms with Gasteiger partial charge in [0.25, 0.3) is 0 Å². The van der Waals surface area contributed by atoms with Gasteiger partial charge in [-0.1, -0.05) is 110 Å². The normalized spacial score (nSPS) is 10.7. The molecule has 0 unspecified atom stereocenters. The van der Waals surface area contributed by atoms with Crippen LogP contribution in [-0.4, -0.2) is 8.80 Å². The molecule has 0 heterocycles. The predicted octanol–water partition coefficient (Wildman–Crippen LogP) is 6.98. The van der Waals surface area contributed by atoms with Crippen LogP contribution in [0.1, 0.15) is 90.4 Å². The summed E-state index contributed by atoms with van der Waals surface area (Å²) in [6.07, 6.45) is 19.2. The highest BCUT2D eigenvalue weighted by atomic mass is 28.3. The Kier molecular flexibility index (Phi) is 20.5. The molecule has 0 fully saturated rings. The largest absolute Gasteiger partial charge is 0.269 e. The topological polar surface area (TPSA) is 0 Å². The first-order chi connectivity index (χ1) is 8.77. The van der Waals surface area contributed by atoms with Crippen LogP contribution in [-0.2, 0) is 0 Å². The van der Waals surface area contributed by atoms with Crippen LogP contribution in [0.2, 0.25) is 19.1 Å². The standard InChI is InChI=1S/C17H37Si.FH/c1-4-5-6-7-8-9-10-11-12-13-14-15-16-17-18(2)3;/h4-17H2,1-3H3;1H. The first-order valence-electron chi connectivity index (χ1n) is 8.56. The van der Waals surface area contributed by atoms with Crippen LogP contribution in [0.4, 0.5) is 4.70 Å². The van der Waals surface area contributed by atoms with Crippen LogP contribution >= 0.6 is 0 Å². The van der Waals surface area contributed by atoms with Crippen molar-refractivity contribution in [2.45, 2.75) is 110 Å². The van der Waals surface area contributed by atoms with Crippen LogP contribution in [0.15, 0.2) is 0 Å². The zero-order valence-corrected chi connectivity index (χ0v) is 14.8. The van der Waals surface area contributed by atoms with Crippen molar-refractivity contribution in [3.63, 3.8) is 0 Å². The van der Waals surface area contributed by atoms with Crippen molar-refractivity contribution in [1.82, 2.24) is 0 Å². The fourth-order valence-corrected chi connectivity index (χ4v) is 3.45. The summed E-state index contributed by atoms with van der Waals surface area (Å²) in [4.78, 5) is 0. The lowest BCUT2D eigenvalue weighted by molar-refractivity contribution is 0.542. The highest BCUT2D eigenvalue weighted by molar-refractivity contribution is 6.55. The molecule has 0 aromatic rings. The zero-order valence-electron chi connectivity index (χ0n) is 13.8. The van der Waals surface area contributed by atoms with Gasteiger partial charge in [-0.25, -0.2) is 0 Å². The summed E-state index contributed by atoms with van der Waals surface area (Å²) in [6, 6.07) is 1.53. The van der Waals surface area contributed by atoms with E-state index < -0.39 is 0 Å². The molecule has 0 N–H and O–H groups in total. The SMILES string of the molecule is CCCCCCCCCCCCCCC[Si](C)C.F. The molecule has 0 spiro atoms. The van der Waals surface area contributed by atoms with Crippen LogP contribution < -0.4 is 0 Å². The van der Waals surface area contributed by atoms with E-state index in [4.69, 9.17) is 0 Å². The van der Waals surface area contributed by atoms with Crippen molar-refractivity contribution in [3.8, 4) is 0 Å². The Balaban J connectivity index is 0. The van der Waals surface area contributed by atoms with Crippen LogP contribution in [0.3, 0.4) is 0 Å². The van der Waals surface area contributed by atoms with Crippen LogP contribution in [0, 0.1) is 0 Å². The molecule has 0 aliphatic heterocycles. The van der Waals surface area contributed by atoms with Gasteiger partial charge in [0, 0.05) is 8.80 Å². The number of hydrogen-bond donors (Lipinski definition) is 0. The molecule has 0 saturated heterocycles. The van der Waals surface area contributed by atoms with Gasteiger partial charge < -0.3 is 0 Å². The molecule has 0 aliphatic carbocycles. The van der Waals surface area contributed by atoms with E-state index in [0.717, 1.165) is 0 Å². The van der Waals surface area contributed by atoms with Gasteiger partial charge in [0.15, 0.2) is 0 Å². The van der Waals surface area contributed by atoms with E-state index >= 15 is 0 Å². The van der Waals surface area contributed by atoms with Gasteiger partial charge in [0.05, 0.1) is 0 Å². The maximum atomic E-state index is 2.44. The van der Waals surface area contributed by atoms with E-state index in [1.807, 2.05) is 0 Å². The highest BCUT2D eigenvalue weighted by Gasteiger charge is 1.96. The molecule has 0 saturated carbocycles. The van der Waals surface area contributed by atoms with Crippen LogP contribution in [0.25, 0.3) is 0 Å². The first-order valence-corrected chi connectivity index (χ1v) is 11.3. The third kappa shape index (κ3) is 20.6. The number of hydrogen-bond acceptors (Lipinski definition) is 0. The molecule has 2 heteroatoms. The van der Waals surface area contributed by atoms with Crippen molar-refractivity contribution in [1.29, 1.82) is 0 Å². The molecule has 0 bridgehead atoms. The van der Waals surface area contributed by atoms with E-state index in [-0.39, 0.29) is 13.5 Å². The Bertz CT molecular complexity index is 148. The lowest BCUT2D eigenvalue weighted by Crippen LogP contribution is -1.97. The Hall–Kier alpha value is 0.147. The van der Waals surface area contributed by atoms with Crippen molar-refractivity contribution < 1.29 is 4.70 Å². The summed E-state index contributed by atoms with van der Waals surface area (Å²) in [6.45, 7) is 7.17. The lowest BCUT2D eigenvalue weighted by atomic mass is 10.1. The van der Waals surface area contributed by atoms with Gasteiger partial charge in [0.1, 0.15) is 0 Å². The number of rotatable bonds is 14. The number of halogens is 1. The fraction of sp³-hybridized carbons (Fsp3) is 1.00. The Labute approximate surface area is 123 Å². The summed E-state index contributed by atoms with van der Waals surface area (Å²) in [5.41, 5.74) is 0. The Morgan fingerprint density at radius 3 is 1.16 bits per heavy atom. The maximum absolute atomic E-state index is 2.44. The van der Waals surface area contributed by atoms with Gasteiger partial charge in [-0.3, -0.25) is 4.70 Å². The maximum Gasteiger partial charge on any atom is 0.0412 e. The minimum atomic E-state index is 0. The van der Waals surface area contributed by atoms with E-state index in [2.05, 4.69) is 20.0 Å². The van der Waals surface area contributed by atoms with Crippen LogP contribution in [0.5, 0.6) is 0 Å². The monoisotopic (exact) mass is 289 g/mol. The summed E-state index contributed by atoms with van der Waals surface area (Å²) in [5.74, 6) is 0. The zero-order chi connectivity index (χ0) is 13.5. The average Bonchev–Trinajstić information content (AvgIpc) is 2.34. The van der Waals surface area contributed by atoms with Crippen molar-refractivity contribution >= 4 is 8.80 Å². The minimum absolute atomic E-state index is 0. The van der Waals surface area contributed by atoms with Gasteiger partial charge in [-0.2, -0.15) is 0 Å². The van der Waals surface area contributed by atoms with E-state index in [1.54, 1.807) is 0 Å². The molecule has 19 heavy (non-hydrogen) atoms. The van der Waals surface area contributed by atoms with Crippen molar-refractivity contribution in [2.24, 2.45) is 0 Å². The van der Waals surface area contributed by atoms with E-state index in [0.29, 0.717) is 0 Å². The van der Waals surface area contributed by atoms with Crippen molar-refractivity contribution in [2.75, 3.05) is 0 Å². The van der Waals surface area contributed by atoms with Gasteiger partial charge >= 0.3 is 0 Å². The minimum Gasteiger partial charge on any atom is -0.269 e. The fourth-order valence-electron chi connectivity index (χ4n) is 2.50. The lowest BCUT2D eigenvalue weighted by Gasteiger charge is -2.04. The second-order valence-corrected chi connectivity index (χ2v) is 9.11. The van der Waals surface area contributed by atoms with Gasteiger partial charge in [-0.05, 0) is 0 Å². The summed E-state index contributed by atoms with van der Waals surface area (Å²) >= 11 is 0. The summed E-state index contributed by atoms with van der Waals surface area (Å²) in [5, 5.41) is 0. The second kappa shape index (κ2) is 18.1. The molecule has 0 rings (SSSR count). The molecule has 0 amide bonds. The molecule has 0 nitrogen and oxygen atoms in total. The predicted molar refractivity (Wildman–Crippen MR) is 90.5 cm³/mol. The van der Waals surface area contributed by atoms with Gasteiger partial charge in [-0.15, -0.1) is 0 Å². The molecular weight excluding hydrogens is 251 g/mol. The Morgan fingerprint density at radius 1 is 0.526 bits per heavy atom. The molecule has 0 aromatic heterocycles. The summed E-state index contributed by atoms with van der Waals surface area (Å²) < 4.78 is 0. The molecule has 117 valence electrons. The van der Waals surface area contributed by atoms with E-state index in [1.165, 1.54) is 89.5 Å². The average molecular weight is 290 g/mol.